The van der Waals surface area contributed by atoms with E-state index in [2.05, 4.69) is 27.2 Å². The molecule has 4 aromatic rings. The van der Waals surface area contributed by atoms with Gasteiger partial charge in [0, 0.05) is 43.9 Å². The standard InChI is InChI=1S/C30H32F3N7O3/c1-7-26(41)35-22-15-23(25(43-6)16-24(22)39(5)13-12-38(3)4)36-29-34-17-21-18(2)14-27(42)40(28(21)37-29)20-10-8-19(9-11-20)30(31,32)33/h7-11,14-17H,1,12-13H2,2-6H3,(H,35,41)(H,34,36,37). The lowest BCUT2D eigenvalue weighted by Crippen LogP contribution is -2.29. The molecule has 0 aliphatic rings. The number of carbonyl (C=O) groups is 1. The summed E-state index contributed by atoms with van der Waals surface area (Å²) in [5, 5.41) is 6.45. The van der Waals surface area contributed by atoms with Crippen molar-refractivity contribution in [1.29, 1.82) is 0 Å². The summed E-state index contributed by atoms with van der Waals surface area (Å²) in [6.07, 6.45) is -1.83. The molecule has 0 fully saturated rings. The number of halogens is 3. The molecule has 0 atom stereocenters. The first kappa shape index (κ1) is 31.0. The van der Waals surface area contributed by atoms with Gasteiger partial charge in [0.15, 0.2) is 5.65 Å². The quantitative estimate of drug-likeness (QED) is 0.248. The number of amides is 1. The zero-order chi connectivity index (χ0) is 31.5. The van der Waals surface area contributed by atoms with Gasteiger partial charge in [0.05, 0.1) is 35.4 Å². The third-order valence-corrected chi connectivity index (χ3v) is 6.72. The van der Waals surface area contributed by atoms with Crippen molar-refractivity contribution in [2.45, 2.75) is 13.1 Å². The van der Waals surface area contributed by atoms with E-state index >= 15 is 0 Å². The molecule has 226 valence electrons. The number of hydrogen-bond acceptors (Lipinski definition) is 8. The lowest BCUT2D eigenvalue weighted by Gasteiger charge is -2.26. The van der Waals surface area contributed by atoms with Gasteiger partial charge in [-0.05, 0) is 63.0 Å². The highest BCUT2D eigenvalue weighted by molar-refractivity contribution is 6.02. The summed E-state index contributed by atoms with van der Waals surface area (Å²) in [4.78, 5) is 38.3. The first-order valence-corrected chi connectivity index (χ1v) is 13.2. The maximum Gasteiger partial charge on any atom is 0.416 e. The lowest BCUT2D eigenvalue weighted by molar-refractivity contribution is -0.137. The van der Waals surface area contributed by atoms with Crippen LogP contribution in [0.5, 0.6) is 5.75 Å². The van der Waals surface area contributed by atoms with Gasteiger partial charge in [-0.25, -0.2) is 4.98 Å². The summed E-state index contributed by atoms with van der Waals surface area (Å²) in [6.45, 7) is 6.68. The fourth-order valence-electron chi connectivity index (χ4n) is 4.39. The number of likely N-dealkylation sites (N-methyl/N-ethyl adjacent to an activating group) is 2. The number of nitrogens with one attached hydrogen (secondary N) is 2. The fourth-order valence-corrected chi connectivity index (χ4v) is 4.39. The molecule has 2 N–H and O–H groups in total. The van der Waals surface area contributed by atoms with Gasteiger partial charge in [-0.1, -0.05) is 6.58 Å². The Balaban J connectivity index is 1.81. The number of methoxy groups -OCH3 is 1. The Kier molecular flexibility index (Phi) is 9.04. The van der Waals surface area contributed by atoms with Crippen molar-refractivity contribution < 1.29 is 22.7 Å². The predicted octanol–water partition coefficient (Wildman–Crippen LogP) is 4.98. The van der Waals surface area contributed by atoms with Crippen LogP contribution < -0.4 is 25.8 Å². The summed E-state index contributed by atoms with van der Waals surface area (Å²) >= 11 is 0. The first-order valence-electron chi connectivity index (χ1n) is 13.2. The molecule has 0 aliphatic carbocycles. The van der Waals surface area contributed by atoms with Crippen LogP contribution >= 0.6 is 0 Å². The zero-order valence-electron chi connectivity index (χ0n) is 24.4. The molecule has 2 aromatic carbocycles. The summed E-state index contributed by atoms with van der Waals surface area (Å²) < 4.78 is 46.3. The number of aromatic nitrogens is 3. The first-order chi connectivity index (χ1) is 20.3. The minimum absolute atomic E-state index is 0.0890. The maximum absolute atomic E-state index is 13.1. The van der Waals surface area contributed by atoms with Crippen molar-refractivity contribution in [2.24, 2.45) is 0 Å². The average Bonchev–Trinajstić information content (AvgIpc) is 2.95. The van der Waals surface area contributed by atoms with Gasteiger partial charge in [-0.3, -0.25) is 14.2 Å². The molecule has 1 amide bonds. The second-order valence-electron chi connectivity index (χ2n) is 10.1. The van der Waals surface area contributed by atoms with E-state index in [1.807, 2.05) is 30.9 Å². The summed E-state index contributed by atoms with van der Waals surface area (Å²) in [5.41, 5.74) is 1.31. The SMILES string of the molecule is C=CC(=O)Nc1cc(Nc2ncc3c(C)cc(=O)n(-c4ccc(C(F)(F)F)cc4)c3n2)c(OC)cc1N(C)CCN(C)C. The minimum Gasteiger partial charge on any atom is -0.494 e. The molecule has 2 heterocycles. The van der Waals surface area contributed by atoms with E-state index in [1.54, 1.807) is 19.1 Å². The van der Waals surface area contributed by atoms with Crippen LogP contribution in [0.4, 0.5) is 36.2 Å². The Morgan fingerprint density at radius 1 is 1.09 bits per heavy atom. The van der Waals surface area contributed by atoms with Crippen LogP contribution in [0, 0.1) is 6.92 Å². The zero-order valence-corrected chi connectivity index (χ0v) is 24.4. The number of nitrogens with zero attached hydrogens (tertiary/aromatic N) is 5. The van der Waals surface area contributed by atoms with Crippen LogP contribution in [0.1, 0.15) is 11.1 Å². The van der Waals surface area contributed by atoms with Crippen LogP contribution in [0.15, 0.2) is 66.1 Å². The highest BCUT2D eigenvalue weighted by atomic mass is 19.4. The van der Waals surface area contributed by atoms with Gasteiger partial charge in [0.1, 0.15) is 5.75 Å². The average molecular weight is 596 g/mol. The Hall–Kier alpha value is -4.91. The van der Waals surface area contributed by atoms with Crippen molar-refractivity contribution in [3.05, 3.63) is 82.8 Å². The molecular formula is C30H32F3N7O3. The number of benzene rings is 2. The van der Waals surface area contributed by atoms with Crippen LogP contribution in [0.25, 0.3) is 16.7 Å². The number of pyridine rings is 1. The number of rotatable bonds is 10. The molecule has 0 spiro atoms. The van der Waals surface area contributed by atoms with Gasteiger partial charge >= 0.3 is 6.18 Å². The number of fused-ring (bicyclic) bond motifs is 1. The molecule has 0 radical (unpaired) electrons. The number of alkyl halides is 3. The molecule has 0 saturated heterocycles. The van der Waals surface area contributed by atoms with E-state index in [0.717, 1.165) is 24.8 Å². The van der Waals surface area contributed by atoms with Crippen LogP contribution in [0.3, 0.4) is 0 Å². The summed E-state index contributed by atoms with van der Waals surface area (Å²) in [5.74, 6) is 0.110. The Morgan fingerprint density at radius 3 is 2.40 bits per heavy atom. The second kappa shape index (κ2) is 12.5. The lowest BCUT2D eigenvalue weighted by atomic mass is 10.1. The van der Waals surface area contributed by atoms with Crippen LogP contribution in [-0.2, 0) is 11.0 Å². The number of anilines is 4. The highest BCUT2D eigenvalue weighted by Crippen LogP contribution is 2.38. The van der Waals surface area contributed by atoms with E-state index in [0.29, 0.717) is 40.3 Å². The third-order valence-electron chi connectivity index (χ3n) is 6.72. The topological polar surface area (TPSA) is 105 Å². The molecule has 0 saturated carbocycles. The molecule has 10 nitrogen and oxygen atoms in total. The van der Waals surface area contributed by atoms with Gasteiger partial charge in [0.2, 0.25) is 11.9 Å². The number of hydrogen-bond donors (Lipinski definition) is 2. The van der Waals surface area contributed by atoms with Crippen LogP contribution in [0.2, 0.25) is 0 Å². The van der Waals surface area contributed by atoms with Crippen LogP contribution in [-0.4, -0.2) is 66.7 Å². The highest BCUT2D eigenvalue weighted by Gasteiger charge is 2.30. The Labute approximate surface area is 246 Å². The molecular weight excluding hydrogens is 563 g/mol. The largest absolute Gasteiger partial charge is 0.494 e. The Morgan fingerprint density at radius 2 is 1.79 bits per heavy atom. The van der Waals surface area contributed by atoms with Crippen molar-refractivity contribution >= 4 is 40.0 Å². The normalized spacial score (nSPS) is 11.5. The van der Waals surface area contributed by atoms with Gasteiger partial charge < -0.3 is 25.2 Å². The molecule has 43 heavy (non-hydrogen) atoms. The molecule has 4 rings (SSSR count). The van der Waals surface area contributed by atoms with Gasteiger partial charge in [-0.2, -0.15) is 18.2 Å². The van der Waals surface area contributed by atoms with E-state index in [4.69, 9.17) is 4.74 Å². The van der Waals surface area contributed by atoms with Gasteiger partial charge in [0.25, 0.3) is 5.56 Å². The smallest absolute Gasteiger partial charge is 0.416 e. The third kappa shape index (κ3) is 6.95. The van der Waals surface area contributed by atoms with E-state index in [9.17, 15) is 22.8 Å². The van der Waals surface area contributed by atoms with E-state index in [1.165, 1.54) is 36.1 Å². The van der Waals surface area contributed by atoms with E-state index in [-0.39, 0.29) is 17.3 Å². The number of aryl methyl sites for hydroxylation is 1. The molecule has 0 bridgehead atoms. The molecule has 2 aromatic heterocycles. The number of ether oxygens (including phenoxy) is 1. The Bertz CT molecular complexity index is 1720. The second-order valence-corrected chi connectivity index (χ2v) is 10.1. The van der Waals surface area contributed by atoms with Crippen molar-refractivity contribution in [2.75, 3.05) is 56.9 Å². The van der Waals surface area contributed by atoms with E-state index < -0.39 is 23.2 Å². The number of carbonyl (C=O) groups excluding carboxylic acids is 1. The summed E-state index contributed by atoms with van der Waals surface area (Å²) in [6, 6.07) is 9.08. The maximum atomic E-state index is 13.1. The van der Waals surface area contributed by atoms with Crippen molar-refractivity contribution in [1.82, 2.24) is 19.4 Å². The molecule has 13 heteroatoms. The minimum atomic E-state index is -4.52. The van der Waals surface area contributed by atoms with Crippen molar-refractivity contribution in [3.63, 3.8) is 0 Å². The monoisotopic (exact) mass is 595 g/mol. The molecule has 0 unspecified atom stereocenters. The van der Waals surface area contributed by atoms with Crippen molar-refractivity contribution in [3.8, 4) is 11.4 Å². The summed E-state index contributed by atoms with van der Waals surface area (Å²) in [7, 11) is 7.32. The fraction of sp³-hybridized carbons (Fsp3) is 0.267. The molecule has 0 aliphatic heterocycles. The predicted molar refractivity (Wildman–Crippen MR) is 162 cm³/mol. The van der Waals surface area contributed by atoms with Gasteiger partial charge in [-0.15, -0.1) is 0 Å².